The lowest BCUT2D eigenvalue weighted by Gasteiger charge is -2.21. The first-order valence-electron chi connectivity index (χ1n) is 8.06. The van der Waals surface area contributed by atoms with Crippen LogP contribution in [0.4, 0.5) is 0 Å². The Morgan fingerprint density at radius 3 is 2.35 bits per heavy atom. The molecule has 1 aromatic carbocycles. The second-order valence-electron chi connectivity index (χ2n) is 6.93. The maximum Gasteiger partial charge on any atom is 0.311 e. The molecule has 1 aromatic heterocycles. The topological polar surface area (TPSA) is 39.2 Å². The molecule has 1 atom stereocenters. The molecule has 3 heteroatoms. The third kappa shape index (κ3) is 5.85. The first-order valence-corrected chi connectivity index (χ1v) is 8.06. The highest BCUT2D eigenvalue weighted by Gasteiger charge is 2.24. The Morgan fingerprint density at radius 1 is 1.04 bits per heavy atom. The summed E-state index contributed by atoms with van der Waals surface area (Å²) in [5.74, 6) is 0.0650. The van der Waals surface area contributed by atoms with Gasteiger partial charge in [-0.05, 0) is 51.3 Å². The van der Waals surface area contributed by atoms with Gasteiger partial charge in [-0.25, -0.2) is 0 Å². The van der Waals surface area contributed by atoms with Crippen molar-refractivity contribution < 1.29 is 9.53 Å². The van der Waals surface area contributed by atoms with E-state index in [9.17, 15) is 4.79 Å². The number of pyridine rings is 1. The average molecular weight is 311 g/mol. The average Bonchev–Trinajstić information content (AvgIpc) is 2.53. The van der Waals surface area contributed by atoms with Gasteiger partial charge >= 0.3 is 5.97 Å². The van der Waals surface area contributed by atoms with Gasteiger partial charge in [-0.1, -0.05) is 36.4 Å². The van der Waals surface area contributed by atoms with Crippen molar-refractivity contribution in [3.63, 3.8) is 0 Å². The summed E-state index contributed by atoms with van der Waals surface area (Å²) in [5.41, 5.74) is 1.81. The number of esters is 1. The predicted molar refractivity (Wildman–Crippen MR) is 92.0 cm³/mol. The van der Waals surface area contributed by atoms with E-state index in [1.54, 1.807) is 6.20 Å². The number of aromatic nitrogens is 1. The zero-order valence-electron chi connectivity index (χ0n) is 14.2. The molecule has 1 heterocycles. The van der Waals surface area contributed by atoms with Crippen LogP contribution in [0.2, 0.25) is 0 Å². The zero-order valence-corrected chi connectivity index (χ0v) is 14.2. The van der Waals surface area contributed by atoms with Crippen molar-refractivity contribution in [2.24, 2.45) is 11.3 Å². The van der Waals surface area contributed by atoms with Crippen LogP contribution in [0, 0.1) is 11.3 Å². The molecule has 0 saturated heterocycles. The predicted octanol–water partition coefficient (Wildman–Crippen LogP) is 4.07. The van der Waals surface area contributed by atoms with Crippen LogP contribution in [0.1, 0.15) is 32.0 Å². The van der Waals surface area contributed by atoms with Crippen molar-refractivity contribution in [2.75, 3.05) is 6.61 Å². The number of hydrogen-bond donors (Lipinski definition) is 0. The van der Waals surface area contributed by atoms with Gasteiger partial charge in [0.05, 0.1) is 12.0 Å². The van der Waals surface area contributed by atoms with Crippen molar-refractivity contribution in [1.82, 2.24) is 4.98 Å². The van der Waals surface area contributed by atoms with Crippen LogP contribution in [0.3, 0.4) is 0 Å². The summed E-state index contributed by atoms with van der Waals surface area (Å²) in [7, 11) is 0. The summed E-state index contributed by atoms with van der Waals surface area (Å²) in [4.78, 5) is 16.4. The van der Waals surface area contributed by atoms with Gasteiger partial charge in [0, 0.05) is 17.8 Å². The molecule has 3 nitrogen and oxygen atoms in total. The Balaban J connectivity index is 2.03. The van der Waals surface area contributed by atoms with Crippen molar-refractivity contribution in [3.05, 3.63) is 66.0 Å². The molecule has 0 unspecified atom stereocenters. The SMILES string of the molecule is CC(C)(C)C(=O)OC[C@H](Cc1ccccc1)Cc1ccccn1. The Hall–Kier alpha value is -2.16. The van der Waals surface area contributed by atoms with Gasteiger partial charge in [-0.3, -0.25) is 9.78 Å². The minimum Gasteiger partial charge on any atom is -0.465 e. The molecule has 0 amide bonds. The maximum absolute atomic E-state index is 12.0. The van der Waals surface area contributed by atoms with E-state index >= 15 is 0 Å². The Labute approximate surface area is 138 Å². The third-order valence-corrected chi connectivity index (χ3v) is 3.65. The number of ether oxygens (including phenoxy) is 1. The van der Waals surface area contributed by atoms with E-state index < -0.39 is 5.41 Å². The molecule has 122 valence electrons. The molecule has 0 aliphatic heterocycles. The molecular weight excluding hydrogens is 286 g/mol. The number of carbonyl (C=O) groups excluding carboxylic acids is 1. The van der Waals surface area contributed by atoms with Crippen LogP contribution < -0.4 is 0 Å². The van der Waals surface area contributed by atoms with Crippen LogP contribution in [0.15, 0.2) is 54.7 Å². The standard InChI is InChI=1S/C20H25NO2/c1-20(2,3)19(22)23-15-17(13-16-9-5-4-6-10-16)14-18-11-7-8-12-21-18/h4-12,17H,13-15H2,1-3H3/t17-/m1/s1. The Morgan fingerprint density at radius 2 is 1.74 bits per heavy atom. The van der Waals surface area contributed by atoms with Gasteiger partial charge in [-0.15, -0.1) is 0 Å². The number of benzene rings is 1. The molecule has 0 N–H and O–H groups in total. The summed E-state index contributed by atoms with van der Waals surface area (Å²) in [6.07, 6.45) is 3.47. The summed E-state index contributed by atoms with van der Waals surface area (Å²) in [6.45, 7) is 6.04. The minimum atomic E-state index is -0.470. The van der Waals surface area contributed by atoms with E-state index in [0.717, 1.165) is 18.5 Å². The second-order valence-corrected chi connectivity index (χ2v) is 6.93. The Kier molecular flexibility index (Phi) is 5.91. The lowest BCUT2D eigenvalue weighted by molar-refractivity contribution is -0.154. The molecule has 0 saturated carbocycles. The molecule has 0 bridgehead atoms. The molecule has 0 spiro atoms. The minimum absolute atomic E-state index is 0.156. The van der Waals surface area contributed by atoms with Crippen LogP contribution in [0.5, 0.6) is 0 Å². The van der Waals surface area contributed by atoms with Crippen LogP contribution in [-0.4, -0.2) is 17.6 Å². The zero-order chi connectivity index (χ0) is 16.7. The summed E-state index contributed by atoms with van der Waals surface area (Å²) < 4.78 is 5.55. The number of carbonyl (C=O) groups is 1. The molecule has 23 heavy (non-hydrogen) atoms. The first-order chi connectivity index (χ1) is 10.9. The molecule has 0 aliphatic rings. The fourth-order valence-electron chi connectivity index (χ4n) is 2.36. The van der Waals surface area contributed by atoms with E-state index in [2.05, 4.69) is 17.1 Å². The fourth-order valence-corrected chi connectivity index (χ4v) is 2.36. The van der Waals surface area contributed by atoms with Crippen molar-refractivity contribution in [2.45, 2.75) is 33.6 Å². The second kappa shape index (κ2) is 7.91. The van der Waals surface area contributed by atoms with Crippen LogP contribution in [-0.2, 0) is 22.4 Å². The van der Waals surface area contributed by atoms with Crippen LogP contribution >= 0.6 is 0 Å². The molecule has 0 fully saturated rings. The Bertz CT molecular complexity index is 561. The highest BCUT2D eigenvalue weighted by Crippen LogP contribution is 2.19. The smallest absolute Gasteiger partial charge is 0.311 e. The summed E-state index contributed by atoms with van der Waals surface area (Å²) >= 11 is 0. The van der Waals surface area contributed by atoms with Gasteiger partial charge in [0.1, 0.15) is 0 Å². The molecule has 2 aromatic rings. The van der Waals surface area contributed by atoms with E-state index in [0.29, 0.717) is 6.61 Å². The summed E-state index contributed by atoms with van der Waals surface area (Å²) in [5, 5.41) is 0. The lowest BCUT2D eigenvalue weighted by atomic mass is 9.94. The van der Waals surface area contributed by atoms with Gasteiger partial charge < -0.3 is 4.74 Å². The van der Waals surface area contributed by atoms with E-state index in [1.165, 1.54) is 5.56 Å². The maximum atomic E-state index is 12.0. The van der Waals surface area contributed by atoms with Gasteiger partial charge in [0.25, 0.3) is 0 Å². The van der Waals surface area contributed by atoms with E-state index in [-0.39, 0.29) is 11.9 Å². The van der Waals surface area contributed by atoms with Gasteiger partial charge in [0.15, 0.2) is 0 Å². The third-order valence-electron chi connectivity index (χ3n) is 3.65. The monoisotopic (exact) mass is 311 g/mol. The summed E-state index contributed by atoms with van der Waals surface area (Å²) in [6, 6.07) is 16.2. The normalized spacial score (nSPS) is 12.7. The van der Waals surface area contributed by atoms with E-state index in [4.69, 9.17) is 4.74 Å². The largest absolute Gasteiger partial charge is 0.465 e. The van der Waals surface area contributed by atoms with Crippen molar-refractivity contribution >= 4 is 5.97 Å². The fraction of sp³-hybridized carbons (Fsp3) is 0.400. The lowest BCUT2D eigenvalue weighted by Crippen LogP contribution is -2.27. The molecule has 0 aliphatic carbocycles. The number of hydrogen-bond acceptors (Lipinski definition) is 3. The highest BCUT2D eigenvalue weighted by molar-refractivity contribution is 5.75. The van der Waals surface area contributed by atoms with Gasteiger partial charge in [-0.2, -0.15) is 0 Å². The van der Waals surface area contributed by atoms with Crippen molar-refractivity contribution in [3.8, 4) is 0 Å². The molecular formula is C20H25NO2. The van der Waals surface area contributed by atoms with Gasteiger partial charge in [0.2, 0.25) is 0 Å². The first kappa shape index (κ1) is 17.2. The number of nitrogens with zero attached hydrogens (tertiary/aromatic N) is 1. The van der Waals surface area contributed by atoms with Crippen LogP contribution in [0.25, 0.3) is 0 Å². The van der Waals surface area contributed by atoms with E-state index in [1.807, 2.05) is 57.2 Å². The molecule has 0 radical (unpaired) electrons. The molecule has 2 rings (SSSR count). The van der Waals surface area contributed by atoms with Crippen molar-refractivity contribution in [1.29, 1.82) is 0 Å². The number of rotatable bonds is 6. The highest BCUT2D eigenvalue weighted by atomic mass is 16.5. The quantitative estimate of drug-likeness (QED) is 0.755.